The molecular weight excluding hydrogens is 306 g/mol. The van der Waals surface area contributed by atoms with Gasteiger partial charge in [-0.25, -0.2) is 0 Å². The van der Waals surface area contributed by atoms with Gasteiger partial charge in [-0.1, -0.05) is 22.0 Å². The fourth-order valence-electron chi connectivity index (χ4n) is 2.59. The van der Waals surface area contributed by atoms with E-state index >= 15 is 0 Å². The van der Waals surface area contributed by atoms with Gasteiger partial charge in [0.05, 0.1) is 0 Å². The molecule has 1 aliphatic rings. The van der Waals surface area contributed by atoms with Gasteiger partial charge in [-0.05, 0) is 49.8 Å². The van der Waals surface area contributed by atoms with E-state index in [4.69, 9.17) is 5.11 Å². The number of halogens is 1. The van der Waals surface area contributed by atoms with Crippen LogP contribution >= 0.6 is 15.9 Å². The van der Waals surface area contributed by atoms with Crippen molar-refractivity contribution in [3.63, 3.8) is 0 Å². The van der Waals surface area contributed by atoms with Crippen molar-refractivity contribution < 1.29 is 9.90 Å². The zero-order chi connectivity index (χ0) is 13.8. The lowest BCUT2D eigenvalue weighted by Crippen LogP contribution is -2.33. The topological polar surface area (TPSA) is 40.5 Å². The monoisotopic (exact) mass is 325 g/mol. The SMILES string of the molecule is Cc1ccc(N2CCC(CCC(=O)O)CC2)cc1Br. The molecule has 19 heavy (non-hydrogen) atoms. The van der Waals surface area contributed by atoms with Crippen molar-refractivity contribution >= 4 is 27.6 Å². The van der Waals surface area contributed by atoms with Gasteiger partial charge in [0.2, 0.25) is 0 Å². The third kappa shape index (κ3) is 3.96. The number of hydrogen-bond donors (Lipinski definition) is 1. The van der Waals surface area contributed by atoms with Gasteiger partial charge in [0.25, 0.3) is 0 Å². The molecule has 0 unspecified atom stereocenters. The van der Waals surface area contributed by atoms with E-state index < -0.39 is 5.97 Å². The van der Waals surface area contributed by atoms with E-state index in [2.05, 4.69) is 46.0 Å². The summed E-state index contributed by atoms with van der Waals surface area (Å²) in [5.41, 5.74) is 2.51. The van der Waals surface area contributed by atoms with Crippen LogP contribution in [0.2, 0.25) is 0 Å². The average Bonchev–Trinajstić information content (AvgIpc) is 2.40. The largest absolute Gasteiger partial charge is 0.481 e. The Morgan fingerprint density at radius 2 is 2.11 bits per heavy atom. The lowest BCUT2D eigenvalue weighted by molar-refractivity contribution is -0.137. The summed E-state index contributed by atoms with van der Waals surface area (Å²) in [6.45, 7) is 4.14. The molecule has 0 spiro atoms. The first kappa shape index (κ1) is 14.4. The van der Waals surface area contributed by atoms with Crippen LogP contribution in [0, 0.1) is 12.8 Å². The quantitative estimate of drug-likeness (QED) is 0.914. The van der Waals surface area contributed by atoms with Crippen LogP contribution < -0.4 is 4.90 Å². The number of aryl methyl sites for hydroxylation is 1. The second kappa shape index (κ2) is 6.42. The number of hydrogen-bond acceptors (Lipinski definition) is 2. The van der Waals surface area contributed by atoms with Crippen molar-refractivity contribution in [1.29, 1.82) is 0 Å². The van der Waals surface area contributed by atoms with Crippen molar-refractivity contribution in [3.8, 4) is 0 Å². The number of nitrogens with zero attached hydrogens (tertiary/aromatic N) is 1. The maximum atomic E-state index is 10.6. The highest BCUT2D eigenvalue weighted by molar-refractivity contribution is 9.10. The predicted molar refractivity (Wildman–Crippen MR) is 80.7 cm³/mol. The highest BCUT2D eigenvalue weighted by atomic mass is 79.9. The van der Waals surface area contributed by atoms with Crippen LogP contribution in [0.15, 0.2) is 22.7 Å². The van der Waals surface area contributed by atoms with Crippen LogP contribution in [0.4, 0.5) is 5.69 Å². The molecule has 0 saturated carbocycles. The molecule has 3 nitrogen and oxygen atoms in total. The Morgan fingerprint density at radius 1 is 1.42 bits per heavy atom. The Kier molecular flexibility index (Phi) is 4.86. The fraction of sp³-hybridized carbons (Fsp3) is 0.533. The van der Waals surface area contributed by atoms with E-state index in [1.54, 1.807) is 0 Å². The van der Waals surface area contributed by atoms with Crippen LogP contribution in [0.25, 0.3) is 0 Å². The highest BCUT2D eigenvalue weighted by Gasteiger charge is 2.20. The predicted octanol–water partition coefficient (Wildman–Crippen LogP) is 3.84. The molecule has 0 aliphatic carbocycles. The lowest BCUT2D eigenvalue weighted by atomic mass is 9.92. The summed E-state index contributed by atoms with van der Waals surface area (Å²) in [7, 11) is 0. The number of carbonyl (C=O) groups is 1. The second-order valence-corrected chi connectivity index (χ2v) is 6.15. The Bertz CT molecular complexity index is 453. The molecule has 1 heterocycles. The molecule has 1 fully saturated rings. The summed E-state index contributed by atoms with van der Waals surface area (Å²) in [4.78, 5) is 13.0. The molecule has 0 atom stereocenters. The van der Waals surface area contributed by atoms with E-state index in [-0.39, 0.29) is 0 Å². The summed E-state index contributed by atoms with van der Waals surface area (Å²) in [5, 5.41) is 8.72. The molecule has 1 aliphatic heterocycles. The molecule has 1 aromatic rings. The minimum atomic E-state index is -0.676. The maximum absolute atomic E-state index is 10.6. The Labute approximate surface area is 122 Å². The van der Waals surface area contributed by atoms with Crippen LogP contribution in [-0.2, 0) is 4.79 Å². The average molecular weight is 326 g/mol. The van der Waals surface area contributed by atoms with E-state index in [1.165, 1.54) is 11.3 Å². The van der Waals surface area contributed by atoms with Gasteiger partial charge in [-0.2, -0.15) is 0 Å². The fourth-order valence-corrected chi connectivity index (χ4v) is 2.95. The molecule has 2 rings (SSSR count). The molecule has 0 bridgehead atoms. The van der Waals surface area contributed by atoms with Gasteiger partial charge in [0.1, 0.15) is 0 Å². The van der Waals surface area contributed by atoms with Crippen molar-refractivity contribution in [2.24, 2.45) is 5.92 Å². The van der Waals surface area contributed by atoms with E-state index in [9.17, 15) is 4.79 Å². The zero-order valence-electron chi connectivity index (χ0n) is 11.2. The highest BCUT2D eigenvalue weighted by Crippen LogP contribution is 2.28. The molecule has 1 N–H and O–H groups in total. The van der Waals surface area contributed by atoms with Crippen LogP contribution in [0.3, 0.4) is 0 Å². The maximum Gasteiger partial charge on any atom is 0.303 e. The first-order chi connectivity index (χ1) is 9.06. The van der Waals surface area contributed by atoms with E-state index in [0.717, 1.165) is 36.8 Å². The molecule has 0 radical (unpaired) electrons. The second-order valence-electron chi connectivity index (χ2n) is 5.30. The molecule has 1 saturated heterocycles. The first-order valence-corrected chi connectivity index (χ1v) is 7.58. The number of benzene rings is 1. The number of rotatable bonds is 4. The van der Waals surface area contributed by atoms with Crippen molar-refractivity contribution in [3.05, 3.63) is 28.2 Å². The van der Waals surface area contributed by atoms with Gasteiger partial charge in [-0.3, -0.25) is 4.79 Å². The first-order valence-electron chi connectivity index (χ1n) is 6.79. The minimum Gasteiger partial charge on any atom is -0.481 e. The summed E-state index contributed by atoms with van der Waals surface area (Å²) < 4.78 is 1.15. The third-order valence-electron chi connectivity index (χ3n) is 3.90. The van der Waals surface area contributed by atoms with Gasteiger partial charge in [0.15, 0.2) is 0 Å². The van der Waals surface area contributed by atoms with Gasteiger partial charge >= 0.3 is 5.97 Å². The number of carboxylic acid groups (broad SMARTS) is 1. The van der Waals surface area contributed by atoms with Crippen LogP contribution in [0.1, 0.15) is 31.2 Å². The summed E-state index contributed by atoms with van der Waals surface area (Å²) >= 11 is 3.57. The van der Waals surface area contributed by atoms with E-state index in [0.29, 0.717) is 12.3 Å². The van der Waals surface area contributed by atoms with Crippen molar-refractivity contribution in [2.75, 3.05) is 18.0 Å². The van der Waals surface area contributed by atoms with Gasteiger partial charge in [-0.15, -0.1) is 0 Å². The molecule has 4 heteroatoms. The Morgan fingerprint density at radius 3 is 2.68 bits per heavy atom. The number of carboxylic acids is 1. The van der Waals surface area contributed by atoms with Gasteiger partial charge < -0.3 is 10.0 Å². The number of piperidine rings is 1. The summed E-state index contributed by atoms with van der Waals surface area (Å²) in [6, 6.07) is 6.47. The van der Waals surface area contributed by atoms with Crippen LogP contribution in [0.5, 0.6) is 0 Å². The molecule has 104 valence electrons. The summed E-state index contributed by atoms with van der Waals surface area (Å²) in [5.74, 6) is -0.105. The van der Waals surface area contributed by atoms with E-state index in [1.807, 2.05) is 0 Å². The zero-order valence-corrected chi connectivity index (χ0v) is 12.8. The Balaban J connectivity index is 1.88. The standard InChI is InChI=1S/C15H20BrNO2/c1-11-2-4-13(10-14(11)16)17-8-6-12(7-9-17)3-5-15(18)19/h2,4,10,12H,3,5-9H2,1H3,(H,18,19). The van der Waals surface area contributed by atoms with Crippen LogP contribution in [-0.4, -0.2) is 24.2 Å². The van der Waals surface area contributed by atoms with Crippen molar-refractivity contribution in [2.45, 2.75) is 32.6 Å². The third-order valence-corrected chi connectivity index (χ3v) is 4.76. The molecule has 0 amide bonds. The number of anilines is 1. The Hall–Kier alpha value is -1.03. The smallest absolute Gasteiger partial charge is 0.303 e. The summed E-state index contributed by atoms with van der Waals surface area (Å²) in [6.07, 6.45) is 3.32. The minimum absolute atomic E-state index is 0.306. The molecule has 0 aromatic heterocycles. The number of aliphatic carboxylic acids is 1. The molecular formula is C15H20BrNO2. The lowest BCUT2D eigenvalue weighted by Gasteiger charge is -2.33. The normalized spacial score (nSPS) is 16.6. The van der Waals surface area contributed by atoms with Crippen molar-refractivity contribution in [1.82, 2.24) is 0 Å². The van der Waals surface area contributed by atoms with Gasteiger partial charge in [0, 0.05) is 29.7 Å². The molecule has 1 aromatic carbocycles.